The van der Waals surface area contributed by atoms with Crippen molar-refractivity contribution in [3.63, 3.8) is 0 Å². The van der Waals surface area contributed by atoms with Gasteiger partial charge in [-0.25, -0.2) is 0 Å². The maximum atomic E-state index is 11.3. The van der Waals surface area contributed by atoms with Crippen molar-refractivity contribution in [2.24, 2.45) is 11.7 Å². The van der Waals surface area contributed by atoms with Crippen molar-refractivity contribution in [3.05, 3.63) is 0 Å². The van der Waals surface area contributed by atoms with Crippen LogP contribution in [0.4, 0.5) is 0 Å². The number of nitrogens with zero attached hydrogens (tertiary/aromatic N) is 2. The van der Waals surface area contributed by atoms with Gasteiger partial charge in [0, 0.05) is 12.6 Å². The van der Waals surface area contributed by atoms with Gasteiger partial charge in [0.25, 0.3) is 0 Å². The number of piperidine rings is 1. The van der Waals surface area contributed by atoms with Gasteiger partial charge in [0.15, 0.2) is 0 Å². The zero-order chi connectivity index (χ0) is 15.2. The molecule has 0 aliphatic carbocycles. The van der Waals surface area contributed by atoms with Crippen LogP contribution in [0.25, 0.3) is 0 Å². The fourth-order valence-corrected chi connectivity index (χ4v) is 2.98. The van der Waals surface area contributed by atoms with Crippen molar-refractivity contribution < 1.29 is 4.79 Å². The van der Waals surface area contributed by atoms with E-state index in [1.807, 2.05) is 14.0 Å². The largest absolute Gasteiger partial charge is 0.369 e. The van der Waals surface area contributed by atoms with E-state index in [0.29, 0.717) is 6.04 Å². The third kappa shape index (κ3) is 4.19. The van der Waals surface area contributed by atoms with Crippen LogP contribution in [0.1, 0.15) is 46.0 Å². The summed E-state index contributed by atoms with van der Waals surface area (Å²) in [5.74, 6) is -0.195. The molecule has 3 atom stereocenters. The first-order valence-electron chi connectivity index (χ1n) is 7.61. The lowest BCUT2D eigenvalue weighted by atomic mass is 9.90. The predicted molar refractivity (Wildman–Crippen MR) is 79.9 cm³/mol. The maximum Gasteiger partial charge on any atom is 0.221 e. The number of nitriles is 1. The minimum atomic E-state index is -0.415. The van der Waals surface area contributed by atoms with Crippen molar-refractivity contribution in [3.8, 4) is 6.07 Å². The lowest BCUT2D eigenvalue weighted by Crippen LogP contribution is -2.47. The second-order valence-corrected chi connectivity index (χ2v) is 5.92. The first kappa shape index (κ1) is 16.9. The Hall–Kier alpha value is -1.12. The molecule has 0 aromatic carbocycles. The summed E-state index contributed by atoms with van der Waals surface area (Å²) < 4.78 is 0. The minimum absolute atomic E-state index is 0.0117. The molecule has 0 saturated carbocycles. The SMILES string of the molecule is CCC(C#N)(CCCN1CC(C(N)=O)CCC1C)NC. The van der Waals surface area contributed by atoms with Gasteiger partial charge < -0.3 is 11.1 Å². The summed E-state index contributed by atoms with van der Waals surface area (Å²) in [7, 11) is 1.85. The number of likely N-dealkylation sites (tertiary alicyclic amines) is 1. The molecule has 0 aromatic rings. The van der Waals surface area contributed by atoms with E-state index in [2.05, 4.69) is 23.2 Å². The van der Waals surface area contributed by atoms with Crippen LogP contribution < -0.4 is 11.1 Å². The summed E-state index contributed by atoms with van der Waals surface area (Å²) in [5.41, 5.74) is 5.00. The average Bonchev–Trinajstić information content (AvgIpc) is 2.46. The fourth-order valence-electron chi connectivity index (χ4n) is 2.98. The molecular weight excluding hydrogens is 252 g/mol. The highest BCUT2D eigenvalue weighted by Gasteiger charge is 2.30. The Bertz CT molecular complexity index is 359. The van der Waals surface area contributed by atoms with Crippen LogP contribution in [-0.2, 0) is 4.79 Å². The van der Waals surface area contributed by atoms with E-state index in [1.54, 1.807) is 0 Å². The Balaban J connectivity index is 2.47. The van der Waals surface area contributed by atoms with Crippen molar-refractivity contribution in [2.75, 3.05) is 20.1 Å². The van der Waals surface area contributed by atoms with Gasteiger partial charge in [-0.1, -0.05) is 6.92 Å². The number of rotatable bonds is 7. The van der Waals surface area contributed by atoms with Crippen LogP contribution >= 0.6 is 0 Å². The molecule has 5 nitrogen and oxygen atoms in total. The molecule has 1 rings (SSSR count). The average molecular weight is 280 g/mol. The number of hydrogen-bond acceptors (Lipinski definition) is 4. The standard InChI is InChI=1S/C15H28N4O/c1-4-15(11-16,18-3)8-5-9-19-10-13(14(17)20)7-6-12(19)2/h12-13,18H,4-10H2,1-3H3,(H2,17,20). The van der Waals surface area contributed by atoms with Gasteiger partial charge in [-0.05, 0) is 52.6 Å². The van der Waals surface area contributed by atoms with E-state index in [1.165, 1.54) is 0 Å². The third-order valence-corrected chi connectivity index (χ3v) is 4.76. The summed E-state index contributed by atoms with van der Waals surface area (Å²) in [5, 5.41) is 12.4. The molecule has 1 amide bonds. The summed E-state index contributed by atoms with van der Waals surface area (Å²) in [6.45, 7) is 5.93. The molecule has 1 fully saturated rings. The fraction of sp³-hybridized carbons (Fsp3) is 0.867. The number of nitrogens with one attached hydrogen (secondary N) is 1. The molecule has 1 saturated heterocycles. The number of hydrogen-bond donors (Lipinski definition) is 2. The Labute approximate surface area is 122 Å². The van der Waals surface area contributed by atoms with E-state index in [0.717, 1.165) is 45.2 Å². The van der Waals surface area contributed by atoms with Crippen LogP contribution in [0.5, 0.6) is 0 Å². The highest BCUT2D eigenvalue weighted by Crippen LogP contribution is 2.23. The molecule has 114 valence electrons. The first-order chi connectivity index (χ1) is 9.48. The van der Waals surface area contributed by atoms with Crippen LogP contribution in [0.15, 0.2) is 0 Å². The van der Waals surface area contributed by atoms with Gasteiger partial charge in [-0.2, -0.15) is 5.26 Å². The van der Waals surface area contributed by atoms with Gasteiger partial charge >= 0.3 is 0 Å². The number of carbonyl (C=O) groups is 1. The van der Waals surface area contributed by atoms with Crippen molar-refractivity contribution in [1.29, 1.82) is 5.26 Å². The van der Waals surface area contributed by atoms with Crippen LogP contribution in [0.3, 0.4) is 0 Å². The molecule has 0 aromatic heterocycles. The highest BCUT2D eigenvalue weighted by molar-refractivity contribution is 5.76. The predicted octanol–water partition coefficient (Wildman–Crippen LogP) is 1.24. The van der Waals surface area contributed by atoms with E-state index < -0.39 is 5.54 Å². The molecule has 0 spiro atoms. The summed E-state index contributed by atoms with van der Waals surface area (Å²) >= 11 is 0. The van der Waals surface area contributed by atoms with Gasteiger partial charge in [-0.3, -0.25) is 9.69 Å². The Morgan fingerprint density at radius 1 is 1.55 bits per heavy atom. The molecule has 3 unspecified atom stereocenters. The Kier molecular flexibility index (Phi) is 6.44. The second kappa shape index (κ2) is 7.61. The summed E-state index contributed by atoms with van der Waals surface area (Å²) in [6.07, 6.45) is 4.52. The van der Waals surface area contributed by atoms with Crippen LogP contribution in [-0.4, -0.2) is 42.5 Å². The van der Waals surface area contributed by atoms with E-state index in [-0.39, 0.29) is 11.8 Å². The number of amides is 1. The van der Waals surface area contributed by atoms with E-state index in [4.69, 9.17) is 5.73 Å². The molecule has 1 aliphatic heterocycles. The van der Waals surface area contributed by atoms with Crippen LogP contribution in [0.2, 0.25) is 0 Å². The quantitative estimate of drug-likeness (QED) is 0.735. The topological polar surface area (TPSA) is 82.2 Å². The van der Waals surface area contributed by atoms with Crippen molar-refractivity contribution in [1.82, 2.24) is 10.2 Å². The highest BCUT2D eigenvalue weighted by atomic mass is 16.1. The van der Waals surface area contributed by atoms with E-state index in [9.17, 15) is 10.1 Å². The molecule has 1 aliphatic rings. The van der Waals surface area contributed by atoms with Gasteiger partial charge in [-0.15, -0.1) is 0 Å². The molecule has 20 heavy (non-hydrogen) atoms. The van der Waals surface area contributed by atoms with Gasteiger partial charge in [0.2, 0.25) is 5.91 Å². The lowest BCUT2D eigenvalue weighted by molar-refractivity contribution is -0.123. The molecular formula is C15H28N4O. The van der Waals surface area contributed by atoms with Crippen molar-refractivity contribution >= 4 is 5.91 Å². The smallest absolute Gasteiger partial charge is 0.221 e. The number of nitrogens with two attached hydrogens (primary N) is 1. The first-order valence-corrected chi connectivity index (χ1v) is 7.61. The molecule has 1 heterocycles. The summed E-state index contributed by atoms with van der Waals surface area (Å²) in [6, 6.07) is 2.89. The zero-order valence-corrected chi connectivity index (χ0v) is 13.0. The maximum absolute atomic E-state index is 11.3. The lowest BCUT2D eigenvalue weighted by Gasteiger charge is -2.37. The second-order valence-electron chi connectivity index (χ2n) is 5.92. The van der Waals surface area contributed by atoms with Crippen LogP contribution in [0, 0.1) is 17.2 Å². The normalized spacial score (nSPS) is 26.7. The monoisotopic (exact) mass is 280 g/mol. The Morgan fingerprint density at radius 3 is 2.75 bits per heavy atom. The zero-order valence-electron chi connectivity index (χ0n) is 13.0. The molecule has 3 N–H and O–H groups in total. The van der Waals surface area contributed by atoms with Gasteiger partial charge in [0.1, 0.15) is 5.54 Å². The minimum Gasteiger partial charge on any atom is -0.369 e. The van der Waals surface area contributed by atoms with Crippen molar-refractivity contribution in [2.45, 2.75) is 57.5 Å². The Morgan fingerprint density at radius 2 is 2.25 bits per heavy atom. The molecule has 0 bridgehead atoms. The van der Waals surface area contributed by atoms with Gasteiger partial charge in [0.05, 0.1) is 12.0 Å². The molecule has 5 heteroatoms. The number of primary amides is 1. The van der Waals surface area contributed by atoms with E-state index >= 15 is 0 Å². The molecule has 0 radical (unpaired) electrons. The number of carbonyl (C=O) groups excluding carboxylic acids is 1. The third-order valence-electron chi connectivity index (χ3n) is 4.76. The summed E-state index contributed by atoms with van der Waals surface area (Å²) in [4.78, 5) is 13.7.